The topological polar surface area (TPSA) is 47.6 Å². The SMILES string of the molecule is N#Cc1ccc2c(c1)-c1cccc(C#N)c1C2. The Morgan fingerprint density at radius 3 is 2.59 bits per heavy atom. The average molecular weight is 216 g/mol. The van der Waals surface area contributed by atoms with Crippen molar-refractivity contribution in [3.8, 4) is 23.3 Å². The molecular weight excluding hydrogens is 208 g/mol. The van der Waals surface area contributed by atoms with Gasteiger partial charge in [0.2, 0.25) is 0 Å². The van der Waals surface area contributed by atoms with Crippen LogP contribution in [0.25, 0.3) is 11.1 Å². The zero-order valence-corrected chi connectivity index (χ0v) is 9.07. The Morgan fingerprint density at radius 1 is 0.941 bits per heavy atom. The molecule has 0 spiro atoms. The van der Waals surface area contributed by atoms with Gasteiger partial charge >= 0.3 is 0 Å². The summed E-state index contributed by atoms with van der Waals surface area (Å²) >= 11 is 0. The molecule has 2 aromatic carbocycles. The number of benzene rings is 2. The molecule has 0 atom stereocenters. The van der Waals surface area contributed by atoms with Crippen molar-refractivity contribution >= 4 is 0 Å². The third kappa shape index (κ3) is 1.32. The van der Waals surface area contributed by atoms with E-state index in [9.17, 15) is 0 Å². The maximum atomic E-state index is 9.08. The van der Waals surface area contributed by atoms with Gasteiger partial charge in [-0.05, 0) is 46.9 Å². The quantitative estimate of drug-likeness (QED) is 0.580. The Kier molecular flexibility index (Phi) is 1.97. The lowest BCUT2D eigenvalue weighted by Gasteiger charge is -2.01. The standard InChI is InChI=1S/C15H8N2/c16-8-10-4-5-11-7-15-12(9-17)2-1-3-13(15)14(11)6-10/h1-6H,7H2. The van der Waals surface area contributed by atoms with E-state index in [1.165, 1.54) is 5.56 Å². The molecule has 0 saturated heterocycles. The highest BCUT2D eigenvalue weighted by molar-refractivity contribution is 5.79. The first kappa shape index (κ1) is 9.63. The van der Waals surface area contributed by atoms with Gasteiger partial charge in [0.15, 0.2) is 0 Å². The number of fused-ring (bicyclic) bond motifs is 3. The summed E-state index contributed by atoms with van der Waals surface area (Å²) in [7, 11) is 0. The van der Waals surface area contributed by atoms with E-state index in [1.807, 2.05) is 36.4 Å². The number of hydrogen-bond donors (Lipinski definition) is 0. The molecule has 0 heterocycles. The molecule has 0 saturated carbocycles. The Hall–Kier alpha value is -2.58. The largest absolute Gasteiger partial charge is 0.192 e. The van der Waals surface area contributed by atoms with E-state index in [1.54, 1.807) is 0 Å². The van der Waals surface area contributed by atoms with E-state index in [2.05, 4.69) is 12.1 Å². The Labute approximate surface area is 99.4 Å². The smallest absolute Gasteiger partial charge is 0.0994 e. The molecule has 2 nitrogen and oxygen atoms in total. The van der Waals surface area contributed by atoms with Crippen molar-refractivity contribution in [2.45, 2.75) is 6.42 Å². The summed E-state index contributed by atoms with van der Waals surface area (Å²) in [5, 5.41) is 18.0. The summed E-state index contributed by atoms with van der Waals surface area (Å²) in [5.74, 6) is 0. The van der Waals surface area contributed by atoms with Crippen LogP contribution in [-0.4, -0.2) is 0 Å². The number of rotatable bonds is 0. The van der Waals surface area contributed by atoms with Gasteiger partial charge in [0.1, 0.15) is 0 Å². The first-order valence-corrected chi connectivity index (χ1v) is 5.39. The molecule has 0 fully saturated rings. The molecule has 0 bridgehead atoms. The van der Waals surface area contributed by atoms with Gasteiger partial charge in [0, 0.05) is 0 Å². The summed E-state index contributed by atoms with van der Waals surface area (Å²) in [4.78, 5) is 0. The molecule has 0 aromatic heterocycles. The molecule has 2 heteroatoms. The van der Waals surface area contributed by atoms with Crippen LogP contribution in [0.3, 0.4) is 0 Å². The van der Waals surface area contributed by atoms with Crippen LogP contribution in [0, 0.1) is 22.7 Å². The fourth-order valence-corrected chi connectivity index (χ4v) is 2.38. The number of hydrogen-bond acceptors (Lipinski definition) is 2. The molecule has 0 radical (unpaired) electrons. The highest BCUT2D eigenvalue weighted by Crippen LogP contribution is 2.38. The van der Waals surface area contributed by atoms with Gasteiger partial charge in [-0.25, -0.2) is 0 Å². The van der Waals surface area contributed by atoms with Crippen LogP contribution < -0.4 is 0 Å². The third-order valence-corrected chi connectivity index (χ3v) is 3.19. The maximum absolute atomic E-state index is 9.08. The highest BCUT2D eigenvalue weighted by atomic mass is 14.3. The van der Waals surface area contributed by atoms with Crippen LogP contribution in [0.15, 0.2) is 36.4 Å². The zero-order valence-electron chi connectivity index (χ0n) is 9.07. The summed E-state index contributed by atoms with van der Waals surface area (Å²) in [6.07, 6.45) is 0.792. The lowest BCUT2D eigenvalue weighted by Crippen LogP contribution is -1.86. The lowest BCUT2D eigenvalue weighted by atomic mass is 10.0. The first-order chi connectivity index (χ1) is 8.33. The van der Waals surface area contributed by atoms with Gasteiger partial charge in [-0.3, -0.25) is 0 Å². The second-order valence-corrected chi connectivity index (χ2v) is 4.10. The van der Waals surface area contributed by atoms with Crippen LogP contribution >= 0.6 is 0 Å². The normalized spacial score (nSPS) is 11.2. The minimum absolute atomic E-state index is 0.666. The molecule has 17 heavy (non-hydrogen) atoms. The molecular formula is C15H8N2. The van der Waals surface area contributed by atoms with Crippen molar-refractivity contribution in [1.29, 1.82) is 10.5 Å². The molecule has 2 aromatic rings. The van der Waals surface area contributed by atoms with E-state index in [0.717, 1.165) is 28.7 Å². The predicted molar refractivity (Wildman–Crippen MR) is 64.1 cm³/mol. The third-order valence-electron chi connectivity index (χ3n) is 3.19. The van der Waals surface area contributed by atoms with Crippen LogP contribution in [0.5, 0.6) is 0 Å². The van der Waals surface area contributed by atoms with Crippen molar-refractivity contribution in [1.82, 2.24) is 0 Å². The summed E-state index contributed by atoms with van der Waals surface area (Å²) in [6.45, 7) is 0. The Bertz CT molecular complexity index is 700. The fraction of sp³-hybridized carbons (Fsp3) is 0.0667. The van der Waals surface area contributed by atoms with Crippen molar-refractivity contribution < 1.29 is 0 Å². The van der Waals surface area contributed by atoms with Crippen LogP contribution in [0.2, 0.25) is 0 Å². The molecule has 0 amide bonds. The minimum Gasteiger partial charge on any atom is -0.192 e. The van der Waals surface area contributed by atoms with E-state index in [4.69, 9.17) is 10.5 Å². The maximum Gasteiger partial charge on any atom is 0.0994 e. The average Bonchev–Trinajstić information content (AvgIpc) is 2.76. The van der Waals surface area contributed by atoms with E-state index in [0.29, 0.717) is 5.56 Å². The van der Waals surface area contributed by atoms with Gasteiger partial charge in [-0.1, -0.05) is 18.2 Å². The fourth-order valence-electron chi connectivity index (χ4n) is 2.38. The van der Waals surface area contributed by atoms with Gasteiger partial charge in [0.05, 0.1) is 23.3 Å². The molecule has 1 aliphatic rings. The van der Waals surface area contributed by atoms with Crippen molar-refractivity contribution in [3.63, 3.8) is 0 Å². The van der Waals surface area contributed by atoms with Crippen molar-refractivity contribution in [3.05, 3.63) is 58.7 Å². The molecule has 78 valence electrons. The van der Waals surface area contributed by atoms with Crippen LogP contribution in [0.1, 0.15) is 22.3 Å². The van der Waals surface area contributed by atoms with Gasteiger partial charge in [-0.2, -0.15) is 10.5 Å². The van der Waals surface area contributed by atoms with Gasteiger partial charge in [-0.15, -0.1) is 0 Å². The van der Waals surface area contributed by atoms with E-state index < -0.39 is 0 Å². The second-order valence-electron chi connectivity index (χ2n) is 4.10. The second kappa shape index (κ2) is 3.47. The highest BCUT2D eigenvalue weighted by Gasteiger charge is 2.20. The Morgan fingerprint density at radius 2 is 1.82 bits per heavy atom. The van der Waals surface area contributed by atoms with Gasteiger partial charge < -0.3 is 0 Å². The molecule has 0 unspecified atom stereocenters. The first-order valence-electron chi connectivity index (χ1n) is 5.39. The lowest BCUT2D eigenvalue weighted by molar-refractivity contribution is 1.24. The molecule has 3 rings (SSSR count). The zero-order chi connectivity index (χ0) is 11.8. The van der Waals surface area contributed by atoms with Crippen molar-refractivity contribution in [2.24, 2.45) is 0 Å². The monoisotopic (exact) mass is 216 g/mol. The van der Waals surface area contributed by atoms with Crippen LogP contribution in [-0.2, 0) is 6.42 Å². The predicted octanol–water partition coefficient (Wildman–Crippen LogP) is 3.00. The van der Waals surface area contributed by atoms with E-state index >= 15 is 0 Å². The molecule has 0 N–H and O–H groups in total. The molecule has 1 aliphatic carbocycles. The summed E-state index contributed by atoms with van der Waals surface area (Å²) in [5.41, 5.74) is 5.87. The minimum atomic E-state index is 0.666. The number of nitriles is 2. The summed E-state index contributed by atoms with van der Waals surface area (Å²) < 4.78 is 0. The summed E-state index contributed by atoms with van der Waals surface area (Å²) in [6, 6.07) is 15.8. The van der Waals surface area contributed by atoms with Gasteiger partial charge in [0.25, 0.3) is 0 Å². The molecule has 0 aliphatic heterocycles. The Balaban J connectivity index is 2.28. The van der Waals surface area contributed by atoms with E-state index in [-0.39, 0.29) is 0 Å². The van der Waals surface area contributed by atoms with Crippen molar-refractivity contribution in [2.75, 3.05) is 0 Å². The van der Waals surface area contributed by atoms with Crippen LogP contribution in [0.4, 0.5) is 0 Å². The number of nitrogens with zero attached hydrogens (tertiary/aromatic N) is 2.